The van der Waals surface area contributed by atoms with E-state index >= 15 is 0 Å². The molecule has 1 N–H and O–H groups in total. The summed E-state index contributed by atoms with van der Waals surface area (Å²) in [5.41, 5.74) is 4.50. The first-order valence-electron chi connectivity index (χ1n) is 8.13. The average Bonchev–Trinajstić information content (AvgIpc) is 2.76. The largest absolute Gasteiger partial charge is 0.481 e. The van der Waals surface area contributed by atoms with Crippen molar-refractivity contribution in [1.82, 2.24) is 9.78 Å². The van der Waals surface area contributed by atoms with Crippen molar-refractivity contribution in [3.8, 4) is 0 Å². The Labute approximate surface area is 142 Å². The van der Waals surface area contributed by atoms with Gasteiger partial charge in [0.1, 0.15) is 5.78 Å². The van der Waals surface area contributed by atoms with Gasteiger partial charge in [0.05, 0.1) is 18.7 Å². The van der Waals surface area contributed by atoms with E-state index in [0.717, 1.165) is 28.1 Å². The molecule has 0 fully saturated rings. The quantitative estimate of drug-likeness (QED) is 0.848. The highest BCUT2D eigenvalue weighted by Crippen LogP contribution is 2.16. The van der Waals surface area contributed by atoms with Gasteiger partial charge in [-0.25, -0.2) is 0 Å². The Balaban J connectivity index is 2.12. The molecule has 24 heavy (non-hydrogen) atoms. The van der Waals surface area contributed by atoms with Crippen LogP contribution in [0.5, 0.6) is 0 Å². The summed E-state index contributed by atoms with van der Waals surface area (Å²) in [5.74, 6) is -0.563. The van der Waals surface area contributed by atoms with E-state index in [0.29, 0.717) is 13.0 Å². The van der Waals surface area contributed by atoms with Crippen LogP contribution in [-0.4, -0.2) is 26.6 Å². The van der Waals surface area contributed by atoms with Crippen molar-refractivity contribution in [2.75, 3.05) is 0 Å². The molecule has 128 valence electrons. The molecule has 0 saturated carbocycles. The average molecular weight is 328 g/mol. The number of aryl methyl sites for hydroxylation is 1. The van der Waals surface area contributed by atoms with E-state index in [-0.39, 0.29) is 18.1 Å². The van der Waals surface area contributed by atoms with Crippen molar-refractivity contribution in [3.05, 3.63) is 52.3 Å². The summed E-state index contributed by atoms with van der Waals surface area (Å²) in [5, 5.41) is 13.4. The fraction of sp³-hybridized carbons (Fsp3) is 0.421. The second kappa shape index (κ2) is 7.43. The minimum Gasteiger partial charge on any atom is -0.481 e. The van der Waals surface area contributed by atoms with Gasteiger partial charge in [-0.1, -0.05) is 38.1 Å². The molecule has 0 unspecified atom stereocenters. The van der Waals surface area contributed by atoms with Crippen LogP contribution < -0.4 is 0 Å². The van der Waals surface area contributed by atoms with Crippen LogP contribution in [0.2, 0.25) is 0 Å². The highest BCUT2D eigenvalue weighted by molar-refractivity contribution is 5.82. The molecule has 0 amide bonds. The molecular weight excluding hydrogens is 304 g/mol. The number of rotatable bonds is 7. The number of benzene rings is 1. The Morgan fingerprint density at radius 2 is 1.67 bits per heavy atom. The summed E-state index contributed by atoms with van der Waals surface area (Å²) < 4.78 is 1.84. The zero-order chi connectivity index (χ0) is 17.9. The predicted octanol–water partition coefficient (Wildman–Crippen LogP) is 2.94. The van der Waals surface area contributed by atoms with Gasteiger partial charge in [-0.15, -0.1) is 0 Å². The summed E-state index contributed by atoms with van der Waals surface area (Å²) in [6.45, 7) is 8.14. The van der Waals surface area contributed by atoms with Gasteiger partial charge in [-0.3, -0.25) is 14.3 Å². The van der Waals surface area contributed by atoms with Gasteiger partial charge in [0.25, 0.3) is 0 Å². The second-order valence-corrected chi connectivity index (χ2v) is 6.49. The lowest BCUT2D eigenvalue weighted by molar-refractivity contribution is -0.136. The van der Waals surface area contributed by atoms with E-state index in [1.165, 1.54) is 0 Å². The number of carboxylic acid groups (broad SMARTS) is 1. The molecule has 0 bridgehead atoms. The van der Waals surface area contributed by atoms with Crippen LogP contribution in [0.4, 0.5) is 0 Å². The maximum Gasteiger partial charge on any atom is 0.307 e. The van der Waals surface area contributed by atoms with Crippen molar-refractivity contribution in [2.45, 2.75) is 47.1 Å². The van der Waals surface area contributed by atoms with Crippen LogP contribution in [0, 0.1) is 19.8 Å². The van der Waals surface area contributed by atoms with E-state index in [1.54, 1.807) is 0 Å². The van der Waals surface area contributed by atoms with E-state index < -0.39 is 5.97 Å². The highest BCUT2D eigenvalue weighted by Gasteiger charge is 2.14. The van der Waals surface area contributed by atoms with Crippen molar-refractivity contribution in [3.63, 3.8) is 0 Å². The number of hydrogen-bond donors (Lipinski definition) is 1. The molecule has 0 atom stereocenters. The number of nitrogens with zero attached hydrogens (tertiary/aromatic N) is 2. The Morgan fingerprint density at radius 1 is 1.08 bits per heavy atom. The smallest absolute Gasteiger partial charge is 0.307 e. The van der Waals surface area contributed by atoms with Gasteiger partial charge in [-0.2, -0.15) is 5.10 Å². The molecule has 0 aliphatic rings. The summed E-state index contributed by atoms with van der Waals surface area (Å²) in [4.78, 5) is 22.7. The Hall–Kier alpha value is -2.43. The number of carbonyl (C=O) groups excluding carboxylic acids is 1. The number of ketones is 1. The van der Waals surface area contributed by atoms with Crippen LogP contribution >= 0.6 is 0 Å². The zero-order valence-corrected chi connectivity index (χ0v) is 14.7. The third-order valence-corrected chi connectivity index (χ3v) is 4.24. The number of aromatic nitrogens is 2. The van der Waals surface area contributed by atoms with Crippen LogP contribution in [0.15, 0.2) is 24.3 Å². The summed E-state index contributed by atoms with van der Waals surface area (Å²) >= 11 is 0. The number of hydrogen-bond acceptors (Lipinski definition) is 3. The predicted molar refractivity (Wildman–Crippen MR) is 92.1 cm³/mol. The van der Waals surface area contributed by atoms with Gasteiger partial charge in [0, 0.05) is 23.6 Å². The van der Waals surface area contributed by atoms with Crippen molar-refractivity contribution >= 4 is 11.8 Å². The van der Waals surface area contributed by atoms with Gasteiger partial charge >= 0.3 is 5.97 Å². The van der Waals surface area contributed by atoms with Gasteiger partial charge in [-0.05, 0) is 25.0 Å². The molecule has 0 radical (unpaired) electrons. The Bertz CT molecular complexity index is 743. The number of aliphatic carboxylic acids is 1. The monoisotopic (exact) mass is 328 g/mol. The first-order chi connectivity index (χ1) is 11.3. The first kappa shape index (κ1) is 17.9. The van der Waals surface area contributed by atoms with Crippen molar-refractivity contribution in [1.29, 1.82) is 0 Å². The minimum atomic E-state index is -0.847. The van der Waals surface area contributed by atoms with Gasteiger partial charge in [0.15, 0.2) is 0 Å². The van der Waals surface area contributed by atoms with Crippen molar-refractivity contribution in [2.24, 2.45) is 5.92 Å². The van der Waals surface area contributed by atoms with Gasteiger partial charge < -0.3 is 5.11 Å². The lowest BCUT2D eigenvalue weighted by atomic mass is 10.0. The standard InChI is InChI=1S/C19H24N2O3/c1-12(2)18(22)9-15-5-7-16(8-6-15)11-21-14(4)17(10-19(23)24)13(3)20-21/h5-8,12H,9-11H2,1-4H3,(H,23,24). The van der Waals surface area contributed by atoms with E-state index in [2.05, 4.69) is 5.10 Å². The van der Waals surface area contributed by atoms with E-state index in [1.807, 2.05) is 56.6 Å². The van der Waals surface area contributed by atoms with Crippen LogP contribution in [0.25, 0.3) is 0 Å². The molecule has 0 aliphatic heterocycles. The topological polar surface area (TPSA) is 72.2 Å². The Morgan fingerprint density at radius 3 is 2.21 bits per heavy atom. The number of Topliss-reactive ketones (excluding diaryl/α,β-unsaturated/α-hetero) is 1. The number of carbonyl (C=O) groups is 2. The lowest BCUT2D eigenvalue weighted by Gasteiger charge is -2.08. The summed E-state index contributed by atoms with van der Waals surface area (Å²) in [7, 11) is 0. The summed E-state index contributed by atoms with van der Waals surface area (Å²) in [6, 6.07) is 7.94. The molecular formula is C19H24N2O3. The highest BCUT2D eigenvalue weighted by atomic mass is 16.4. The maximum atomic E-state index is 11.8. The third kappa shape index (κ3) is 4.31. The fourth-order valence-corrected chi connectivity index (χ4v) is 2.64. The molecule has 2 aromatic rings. The second-order valence-electron chi connectivity index (χ2n) is 6.49. The molecule has 1 aromatic carbocycles. The molecule has 2 rings (SSSR count). The van der Waals surface area contributed by atoms with Gasteiger partial charge in [0.2, 0.25) is 0 Å². The normalized spacial score (nSPS) is 11.0. The molecule has 1 aromatic heterocycles. The summed E-state index contributed by atoms with van der Waals surface area (Å²) in [6.07, 6.45) is 0.453. The van der Waals surface area contributed by atoms with E-state index in [4.69, 9.17) is 5.11 Å². The van der Waals surface area contributed by atoms with Crippen LogP contribution in [-0.2, 0) is 29.0 Å². The molecule has 5 nitrogen and oxygen atoms in total. The van der Waals surface area contributed by atoms with E-state index in [9.17, 15) is 9.59 Å². The minimum absolute atomic E-state index is 0.00603. The third-order valence-electron chi connectivity index (χ3n) is 4.24. The fourth-order valence-electron chi connectivity index (χ4n) is 2.64. The molecule has 0 aliphatic carbocycles. The Kier molecular flexibility index (Phi) is 5.54. The first-order valence-corrected chi connectivity index (χ1v) is 8.13. The van der Waals surface area contributed by atoms with Crippen LogP contribution in [0.3, 0.4) is 0 Å². The van der Waals surface area contributed by atoms with Crippen molar-refractivity contribution < 1.29 is 14.7 Å². The molecule has 5 heteroatoms. The van der Waals surface area contributed by atoms with Crippen LogP contribution in [0.1, 0.15) is 41.9 Å². The SMILES string of the molecule is Cc1nn(Cc2ccc(CC(=O)C(C)C)cc2)c(C)c1CC(=O)O. The zero-order valence-electron chi connectivity index (χ0n) is 14.7. The number of carboxylic acids is 1. The molecule has 0 spiro atoms. The molecule has 1 heterocycles. The lowest BCUT2D eigenvalue weighted by Crippen LogP contribution is -2.10. The molecule has 0 saturated heterocycles. The maximum absolute atomic E-state index is 11.8.